The molecule has 0 radical (unpaired) electrons. The number of ether oxygens (including phenoxy) is 1. The van der Waals surface area contributed by atoms with Crippen LogP contribution >= 0.6 is 0 Å². The van der Waals surface area contributed by atoms with Gasteiger partial charge in [0, 0.05) is 38.4 Å². The van der Waals surface area contributed by atoms with E-state index in [-0.39, 0.29) is 11.9 Å². The van der Waals surface area contributed by atoms with Gasteiger partial charge in [-0.15, -0.1) is 0 Å². The molecule has 1 aliphatic rings. The van der Waals surface area contributed by atoms with Crippen molar-refractivity contribution in [3.8, 4) is 0 Å². The molecule has 2 heterocycles. The van der Waals surface area contributed by atoms with Crippen LogP contribution in [0.4, 0.5) is 0 Å². The van der Waals surface area contributed by atoms with Crippen LogP contribution in [0.1, 0.15) is 12.5 Å². The van der Waals surface area contributed by atoms with Crippen LogP contribution < -0.4 is 5.73 Å². The van der Waals surface area contributed by atoms with Crippen molar-refractivity contribution in [2.24, 2.45) is 18.2 Å². The quantitative estimate of drug-likeness (QED) is 0.804. The van der Waals surface area contributed by atoms with Crippen molar-refractivity contribution in [3.05, 3.63) is 18.0 Å². The lowest BCUT2D eigenvalue weighted by atomic mass is 9.84. The molecule has 18 heavy (non-hydrogen) atoms. The topological polar surface area (TPSA) is 73.4 Å². The standard InChI is InChI=1S/C12H20N4O2/c1-12(8-18-7-10(12)13)11(17)15(2)5-9-4-14-16(3)6-9/h4,6,10H,5,7-8,13H2,1-3H3. The number of rotatable bonds is 3. The summed E-state index contributed by atoms with van der Waals surface area (Å²) in [4.78, 5) is 14.1. The summed E-state index contributed by atoms with van der Waals surface area (Å²) in [5.74, 6) is 0.0244. The molecule has 1 aromatic heterocycles. The average Bonchev–Trinajstić information content (AvgIpc) is 2.86. The van der Waals surface area contributed by atoms with E-state index >= 15 is 0 Å². The van der Waals surface area contributed by atoms with E-state index < -0.39 is 5.41 Å². The fourth-order valence-corrected chi connectivity index (χ4v) is 2.24. The van der Waals surface area contributed by atoms with Crippen LogP contribution in [-0.4, -0.2) is 46.9 Å². The minimum atomic E-state index is -0.614. The Bertz CT molecular complexity index is 445. The van der Waals surface area contributed by atoms with E-state index in [0.717, 1.165) is 5.56 Å². The van der Waals surface area contributed by atoms with E-state index in [1.807, 2.05) is 20.2 Å². The number of hydrogen-bond donors (Lipinski definition) is 1. The van der Waals surface area contributed by atoms with Gasteiger partial charge in [-0.25, -0.2) is 0 Å². The Kier molecular flexibility index (Phi) is 3.41. The van der Waals surface area contributed by atoms with E-state index in [4.69, 9.17) is 10.5 Å². The summed E-state index contributed by atoms with van der Waals surface area (Å²) in [6.45, 7) is 3.25. The van der Waals surface area contributed by atoms with Gasteiger partial charge >= 0.3 is 0 Å². The molecule has 1 fully saturated rings. The highest BCUT2D eigenvalue weighted by Crippen LogP contribution is 2.29. The number of hydrogen-bond acceptors (Lipinski definition) is 4. The molecule has 2 N–H and O–H groups in total. The summed E-state index contributed by atoms with van der Waals surface area (Å²) < 4.78 is 7.03. The van der Waals surface area contributed by atoms with Crippen molar-refractivity contribution in [2.45, 2.75) is 19.5 Å². The summed E-state index contributed by atoms with van der Waals surface area (Å²) in [7, 11) is 3.64. The lowest BCUT2D eigenvalue weighted by Crippen LogP contribution is -2.50. The maximum atomic E-state index is 12.4. The monoisotopic (exact) mass is 252 g/mol. The second-order valence-corrected chi connectivity index (χ2v) is 5.22. The Morgan fingerprint density at radius 3 is 3.00 bits per heavy atom. The third-order valence-electron chi connectivity index (χ3n) is 3.53. The second kappa shape index (κ2) is 4.70. The highest BCUT2D eigenvalue weighted by atomic mass is 16.5. The molecule has 1 aliphatic heterocycles. The first-order valence-electron chi connectivity index (χ1n) is 6.00. The predicted octanol–water partition coefficient (Wildman–Crippen LogP) is -0.258. The Hall–Kier alpha value is -1.40. The van der Waals surface area contributed by atoms with Crippen LogP contribution in [0.2, 0.25) is 0 Å². The lowest BCUT2D eigenvalue weighted by Gasteiger charge is -2.30. The maximum absolute atomic E-state index is 12.4. The van der Waals surface area contributed by atoms with E-state index in [2.05, 4.69) is 5.10 Å². The van der Waals surface area contributed by atoms with Crippen LogP contribution in [0.15, 0.2) is 12.4 Å². The van der Waals surface area contributed by atoms with Gasteiger partial charge in [-0.05, 0) is 6.92 Å². The SMILES string of the molecule is CN(Cc1cnn(C)c1)C(=O)C1(C)COCC1N. The minimum absolute atomic E-state index is 0.0244. The summed E-state index contributed by atoms with van der Waals surface area (Å²) in [5, 5.41) is 4.09. The molecule has 0 spiro atoms. The molecule has 0 saturated carbocycles. The first kappa shape index (κ1) is 13.0. The minimum Gasteiger partial charge on any atom is -0.379 e. The highest BCUT2D eigenvalue weighted by molar-refractivity contribution is 5.83. The zero-order valence-corrected chi connectivity index (χ0v) is 11.1. The zero-order valence-electron chi connectivity index (χ0n) is 11.1. The van der Waals surface area contributed by atoms with Gasteiger partial charge in [-0.2, -0.15) is 5.10 Å². The van der Waals surface area contributed by atoms with E-state index in [0.29, 0.717) is 19.8 Å². The molecular formula is C12H20N4O2. The van der Waals surface area contributed by atoms with E-state index in [9.17, 15) is 4.79 Å². The summed E-state index contributed by atoms with van der Waals surface area (Å²) in [6.07, 6.45) is 3.66. The number of nitrogens with zero attached hydrogens (tertiary/aromatic N) is 3. The average molecular weight is 252 g/mol. The highest BCUT2D eigenvalue weighted by Gasteiger charge is 2.45. The van der Waals surface area contributed by atoms with Crippen LogP contribution in [0.25, 0.3) is 0 Å². The van der Waals surface area contributed by atoms with Crippen LogP contribution in [0.5, 0.6) is 0 Å². The number of aryl methyl sites for hydroxylation is 1. The molecule has 2 atom stereocenters. The van der Waals surface area contributed by atoms with E-state index in [1.54, 1.807) is 22.8 Å². The molecule has 0 bridgehead atoms. The van der Waals surface area contributed by atoms with E-state index in [1.165, 1.54) is 0 Å². The Morgan fingerprint density at radius 2 is 2.50 bits per heavy atom. The normalized spacial score (nSPS) is 27.4. The van der Waals surface area contributed by atoms with Crippen molar-refractivity contribution >= 4 is 5.91 Å². The Labute approximate surface area is 107 Å². The molecule has 0 aliphatic carbocycles. The van der Waals surface area contributed by atoms with Crippen LogP contribution in [-0.2, 0) is 23.1 Å². The molecule has 1 amide bonds. The molecule has 6 nitrogen and oxygen atoms in total. The second-order valence-electron chi connectivity index (χ2n) is 5.22. The van der Waals surface area contributed by atoms with Gasteiger partial charge < -0.3 is 15.4 Å². The molecule has 100 valence electrons. The van der Waals surface area contributed by atoms with Crippen LogP contribution in [0.3, 0.4) is 0 Å². The third-order valence-corrected chi connectivity index (χ3v) is 3.53. The van der Waals surface area contributed by atoms with Crippen molar-refractivity contribution < 1.29 is 9.53 Å². The zero-order chi connectivity index (χ0) is 13.3. The molecule has 2 rings (SSSR count). The van der Waals surface area contributed by atoms with Gasteiger partial charge in [0.15, 0.2) is 0 Å². The first-order valence-corrected chi connectivity index (χ1v) is 6.00. The molecule has 1 saturated heterocycles. The van der Waals surface area contributed by atoms with Crippen molar-refractivity contribution in [1.29, 1.82) is 0 Å². The molecule has 6 heteroatoms. The number of carbonyl (C=O) groups excluding carboxylic acids is 1. The van der Waals surface area contributed by atoms with Crippen molar-refractivity contribution in [1.82, 2.24) is 14.7 Å². The lowest BCUT2D eigenvalue weighted by molar-refractivity contribution is -0.140. The Balaban J connectivity index is 2.05. The first-order chi connectivity index (χ1) is 8.43. The number of nitrogens with two attached hydrogens (primary N) is 1. The van der Waals surface area contributed by atoms with Gasteiger partial charge in [-0.1, -0.05) is 0 Å². The molecular weight excluding hydrogens is 232 g/mol. The van der Waals surface area contributed by atoms with Gasteiger partial charge in [0.1, 0.15) is 0 Å². The summed E-state index contributed by atoms with van der Waals surface area (Å²) in [5.41, 5.74) is 6.35. The smallest absolute Gasteiger partial charge is 0.232 e. The predicted molar refractivity (Wildman–Crippen MR) is 66.6 cm³/mol. The number of amides is 1. The van der Waals surface area contributed by atoms with Crippen LogP contribution in [0, 0.1) is 5.41 Å². The third kappa shape index (κ3) is 2.26. The Morgan fingerprint density at radius 1 is 1.78 bits per heavy atom. The van der Waals surface area contributed by atoms with Crippen molar-refractivity contribution in [2.75, 3.05) is 20.3 Å². The number of aromatic nitrogens is 2. The summed E-state index contributed by atoms with van der Waals surface area (Å²) in [6, 6.07) is -0.235. The fraction of sp³-hybridized carbons (Fsp3) is 0.667. The molecule has 1 aromatic rings. The molecule has 0 aromatic carbocycles. The van der Waals surface area contributed by atoms with Crippen molar-refractivity contribution in [3.63, 3.8) is 0 Å². The number of carbonyl (C=O) groups is 1. The van der Waals surface area contributed by atoms with Gasteiger partial charge in [0.05, 0.1) is 24.8 Å². The summed E-state index contributed by atoms with van der Waals surface area (Å²) >= 11 is 0. The van der Waals surface area contributed by atoms with Gasteiger partial charge in [0.25, 0.3) is 0 Å². The maximum Gasteiger partial charge on any atom is 0.232 e. The largest absolute Gasteiger partial charge is 0.379 e. The van der Waals surface area contributed by atoms with Gasteiger partial charge in [0.2, 0.25) is 5.91 Å². The van der Waals surface area contributed by atoms with Gasteiger partial charge in [-0.3, -0.25) is 9.48 Å². The molecule has 2 unspecified atom stereocenters. The fourth-order valence-electron chi connectivity index (χ4n) is 2.24.